The Hall–Kier alpha value is -1.07. The normalized spacial score (nSPS) is 13.6. The molecule has 0 saturated heterocycles. The molecule has 1 unspecified atom stereocenters. The summed E-state index contributed by atoms with van der Waals surface area (Å²) in [4.78, 5) is 17.7. The van der Waals surface area contributed by atoms with Gasteiger partial charge in [-0.2, -0.15) is 0 Å². The Balaban J connectivity index is 3.08. The van der Waals surface area contributed by atoms with E-state index in [2.05, 4.69) is 0 Å². The number of phenols is 1. The lowest BCUT2D eigenvalue weighted by atomic mass is 10.2. The molecule has 0 heterocycles. The lowest BCUT2D eigenvalue weighted by molar-refractivity contribution is 0.358. The van der Waals surface area contributed by atoms with Gasteiger partial charge >= 0.3 is 7.60 Å². The minimum atomic E-state index is -4.40. The minimum Gasteiger partial charge on any atom is -0.504 e. The van der Waals surface area contributed by atoms with E-state index in [1.54, 1.807) is 0 Å². The standard InChI is InChI=1S/C8H12NO5P/c1-14-7-3-2-5(4-6(7)10)8(9)15(11,12)13/h2-4,8,10H,9H2,1H3,(H2,11,12,13). The van der Waals surface area contributed by atoms with Crippen LogP contribution in [-0.2, 0) is 4.57 Å². The number of benzene rings is 1. The summed E-state index contributed by atoms with van der Waals surface area (Å²) in [5.41, 5.74) is 5.47. The number of methoxy groups -OCH3 is 1. The second kappa shape index (κ2) is 4.20. The van der Waals surface area contributed by atoms with Crippen LogP contribution in [0.3, 0.4) is 0 Å². The van der Waals surface area contributed by atoms with Crippen LogP contribution in [0.15, 0.2) is 18.2 Å². The number of ether oxygens (including phenoxy) is 1. The van der Waals surface area contributed by atoms with E-state index in [4.69, 9.17) is 20.3 Å². The summed E-state index contributed by atoms with van der Waals surface area (Å²) >= 11 is 0. The molecule has 0 radical (unpaired) electrons. The quantitative estimate of drug-likeness (QED) is 0.566. The third-order valence-electron chi connectivity index (χ3n) is 1.91. The minimum absolute atomic E-state index is 0.154. The van der Waals surface area contributed by atoms with Gasteiger partial charge in [0.05, 0.1) is 7.11 Å². The third kappa shape index (κ3) is 2.70. The Morgan fingerprint density at radius 1 is 1.47 bits per heavy atom. The number of nitrogens with two attached hydrogens (primary N) is 1. The lowest BCUT2D eigenvalue weighted by Crippen LogP contribution is -2.10. The van der Waals surface area contributed by atoms with Gasteiger partial charge in [0.2, 0.25) is 0 Å². The monoisotopic (exact) mass is 233 g/mol. The molecule has 0 amide bonds. The van der Waals surface area contributed by atoms with Crippen molar-refractivity contribution < 1.29 is 24.2 Å². The summed E-state index contributed by atoms with van der Waals surface area (Å²) in [7, 11) is -3.02. The van der Waals surface area contributed by atoms with Crippen molar-refractivity contribution in [1.29, 1.82) is 0 Å². The van der Waals surface area contributed by atoms with Gasteiger partial charge in [0.25, 0.3) is 0 Å². The average Bonchev–Trinajstić information content (AvgIpc) is 2.15. The van der Waals surface area contributed by atoms with Crippen LogP contribution in [0.2, 0.25) is 0 Å². The molecule has 0 aliphatic rings. The summed E-state index contributed by atoms with van der Waals surface area (Å²) in [6.45, 7) is 0. The highest BCUT2D eigenvalue weighted by atomic mass is 31.2. The van der Waals surface area contributed by atoms with Crippen LogP contribution >= 0.6 is 7.60 Å². The molecule has 5 N–H and O–H groups in total. The summed E-state index contributed by atoms with van der Waals surface area (Å²) in [5.74, 6) is -1.43. The largest absolute Gasteiger partial charge is 0.504 e. The van der Waals surface area contributed by atoms with Crippen LogP contribution in [-0.4, -0.2) is 22.0 Å². The smallest absolute Gasteiger partial charge is 0.346 e. The van der Waals surface area contributed by atoms with E-state index in [1.165, 1.54) is 25.3 Å². The maximum absolute atomic E-state index is 10.9. The third-order valence-corrected chi connectivity index (χ3v) is 2.93. The highest BCUT2D eigenvalue weighted by Gasteiger charge is 2.26. The summed E-state index contributed by atoms with van der Waals surface area (Å²) in [6.07, 6.45) is 0. The molecular weight excluding hydrogens is 221 g/mol. The molecule has 7 heteroatoms. The van der Waals surface area contributed by atoms with Crippen LogP contribution in [0.1, 0.15) is 11.3 Å². The molecule has 6 nitrogen and oxygen atoms in total. The fourth-order valence-corrected chi connectivity index (χ4v) is 1.63. The Morgan fingerprint density at radius 2 is 2.07 bits per heavy atom. The molecule has 0 saturated carbocycles. The predicted molar refractivity (Wildman–Crippen MR) is 53.6 cm³/mol. The summed E-state index contributed by atoms with van der Waals surface area (Å²) in [5, 5.41) is 9.37. The zero-order valence-electron chi connectivity index (χ0n) is 7.99. The zero-order chi connectivity index (χ0) is 11.6. The maximum atomic E-state index is 10.9. The van der Waals surface area contributed by atoms with Crippen LogP contribution in [0.5, 0.6) is 11.5 Å². The first-order valence-corrected chi connectivity index (χ1v) is 5.72. The second-order valence-electron chi connectivity index (χ2n) is 2.97. The molecule has 84 valence electrons. The number of phenolic OH excluding ortho intramolecular Hbond substituents is 1. The first-order valence-electron chi connectivity index (χ1n) is 4.04. The highest BCUT2D eigenvalue weighted by Crippen LogP contribution is 2.48. The summed E-state index contributed by atoms with van der Waals surface area (Å²) < 4.78 is 15.6. The first-order chi connectivity index (χ1) is 6.86. The van der Waals surface area contributed by atoms with Crippen molar-refractivity contribution in [3.8, 4) is 11.5 Å². The summed E-state index contributed by atoms with van der Waals surface area (Å²) in [6, 6.07) is 3.95. The molecule has 0 fully saturated rings. The fourth-order valence-electron chi connectivity index (χ4n) is 1.09. The topological polar surface area (TPSA) is 113 Å². The number of hydrogen-bond donors (Lipinski definition) is 4. The van der Waals surface area contributed by atoms with E-state index in [9.17, 15) is 9.67 Å². The number of aromatic hydroxyl groups is 1. The van der Waals surface area contributed by atoms with Crippen molar-refractivity contribution >= 4 is 7.60 Å². The Morgan fingerprint density at radius 3 is 2.47 bits per heavy atom. The van der Waals surface area contributed by atoms with Crippen LogP contribution in [0.4, 0.5) is 0 Å². The Labute approximate surface area is 86.5 Å². The van der Waals surface area contributed by atoms with E-state index < -0.39 is 13.4 Å². The predicted octanol–water partition coefficient (Wildman–Crippen LogP) is 0.536. The molecule has 0 spiro atoms. The lowest BCUT2D eigenvalue weighted by Gasteiger charge is -2.14. The van der Waals surface area contributed by atoms with E-state index in [-0.39, 0.29) is 17.1 Å². The molecule has 1 atom stereocenters. The van der Waals surface area contributed by atoms with Gasteiger partial charge in [0.1, 0.15) is 5.78 Å². The van der Waals surface area contributed by atoms with Crippen molar-refractivity contribution in [3.05, 3.63) is 23.8 Å². The van der Waals surface area contributed by atoms with Crippen molar-refractivity contribution in [2.24, 2.45) is 5.73 Å². The fraction of sp³-hybridized carbons (Fsp3) is 0.250. The van der Waals surface area contributed by atoms with E-state index in [0.29, 0.717) is 0 Å². The molecular formula is C8H12NO5P. The molecule has 0 bridgehead atoms. The first kappa shape index (κ1) is 12.0. The molecule has 1 aromatic rings. The van der Waals surface area contributed by atoms with Gasteiger partial charge in [-0.05, 0) is 17.7 Å². The van der Waals surface area contributed by atoms with E-state index >= 15 is 0 Å². The molecule has 1 rings (SSSR count). The highest BCUT2D eigenvalue weighted by molar-refractivity contribution is 7.52. The van der Waals surface area contributed by atoms with Gasteiger partial charge in [-0.1, -0.05) is 6.07 Å². The van der Waals surface area contributed by atoms with Gasteiger partial charge in [-0.3, -0.25) is 4.57 Å². The van der Waals surface area contributed by atoms with Crippen LogP contribution in [0.25, 0.3) is 0 Å². The Bertz CT molecular complexity index is 402. The van der Waals surface area contributed by atoms with Crippen molar-refractivity contribution in [2.75, 3.05) is 7.11 Å². The van der Waals surface area contributed by atoms with Gasteiger partial charge in [0, 0.05) is 0 Å². The molecule has 1 aromatic carbocycles. The molecule has 0 aromatic heterocycles. The Kier molecular flexibility index (Phi) is 3.36. The van der Waals surface area contributed by atoms with Crippen LogP contribution in [0, 0.1) is 0 Å². The van der Waals surface area contributed by atoms with E-state index in [1.807, 2.05) is 0 Å². The van der Waals surface area contributed by atoms with Crippen LogP contribution < -0.4 is 10.5 Å². The van der Waals surface area contributed by atoms with Gasteiger partial charge < -0.3 is 25.4 Å². The molecule has 0 aliphatic carbocycles. The van der Waals surface area contributed by atoms with Gasteiger partial charge in [-0.15, -0.1) is 0 Å². The van der Waals surface area contributed by atoms with Crippen molar-refractivity contribution in [2.45, 2.75) is 5.78 Å². The molecule has 15 heavy (non-hydrogen) atoms. The van der Waals surface area contributed by atoms with Gasteiger partial charge in [-0.25, -0.2) is 0 Å². The second-order valence-corrected chi connectivity index (χ2v) is 4.70. The van der Waals surface area contributed by atoms with Gasteiger partial charge in [0.15, 0.2) is 11.5 Å². The van der Waals surface area contributed by atoms with E-state index in [0.717, 1.165) is 0 Å². The average molecular weight is 233 g/mol. The number of hydrogen-bond acceptors (Lipinski definition) is 4. The SMILES string of the molecule is COc1ccc(C(N)P(=O)(O)O)cc1O. The van der Waals surface area contributed by atoms with Crippen molar-refractivity contribution in [3.63, 3.8) is 0 Å². The number of rotatable bonds is 3. The maximum Gasteiger partial charge on any atom is 0.346 e. The van der Waals surface area contributed by atoms with Crippen molar-refractivity contribution in [1.82, 2.24) is 0 Å². The molecule has 0 aliphatic heterocycles. The zero-order valence-corrected chi connectivity index (χ0v) is 8.89.